The number of aliphatic carboxylic acids is 2. The highest BCUT2D eigenvalue weighted by Crippen LogP contribution is 2.21. The second-order valence-corrected chi connectivity index (χ2v) is 29.6. The number of aliphatic hydroxyl groups is 1. The van der Waals surface area contributed by atoms with Crippen LogP contribution < -0.4 is 103 Å². The number of aromatic amines is 2. The van der Waals surface area contributed by atoms with E-state index in [1.165, 1.54) is 49.9 Å². The third kappa shape index (κ3) is 34.5. The Hall–Kier alpha value is -13.8. The van der Waals surface area contributed by atoms with Gasteiger partial charge in [-0.25, -0.2) is 9.78 Å². The van der Waals surface area contributed by atoms with Gasteiger partial charge >= 0.3 is 11.9 Å². The van der Waals surface area contributed by atoms with Crippen molar-refractivity contribution < 1.29 is 107 Å². The Morgan fingerprint density at radius 1 is 0.455 bits per heavy atom. The monoisotopic (exact) mass is 1740 g/mol. The van der Waals surface area contributed by atoms with Gasteiger partial charge in [0, 0.05) is 74.1 Å². The topological polar surface area (TPSA) is 755 Å². The van der Waals surface area contributed by atoms with Crippen molar-refractivity contribution in [2.24, 2.45) is 34.6 Å². The van der Waals surface area contributed by atoms with Gasteiger partial charge in [-0.15, -0.1) is 0 Å². The number of carboxylic acids is 2. The second-order valence-electron chi connectivity index (χ2n) is 29.2. The Balaban J connectivity index is 1.41. The Labute approximate surface area is 709 Å². The van der Waals surface area contributed by atoms with Crippen LogP contribution in [0.2, 0.25) is 0 Å². The van der Waals surface area contributed by atoms with Gasteiger partial charge < -0.3 is 133 Å². The van der Waals surface area contributed by atoms with Gasteiger partial charge in [-0.2, -0.15) is 12.6 Å². The van der Waals surface area contributed by atoms with Crippen LogP contribution in [0.15, 0.2) is 97.6 Å². The highest BCUT2D eigenvalue weighted by molar-refractivity contribution is 7.80. The number of aromatic hydroxyl groups is 1. The predicted molar refractivity (Wildman–Crippen MR) is 441 cm³/mol. The number of thiol groups is 1. The fourth-order valence-electron chi connectivity index (χ4n) is 12.2. The molecular weight excluding hydrogens is 1630 g/mol. The molecule has 123 heavy (non-hydrogen) atoms. The number of imidazole rings is 1. The smallest absolute Gasteiger partial charge is 0.326 e. The first-order valence-corrected chi connectivity index (χ1v) is 39.4. The number of carboxylic acid groups (broad SMARTS) is 2. The van der Waals surface area contributed by atoms with Crippen LogP contribution >= 0.6 is 12.6 Å². The fourth-order valence-corrected chi connectivity index (χ4v) is 12.4. The molecular formula is C77H107N23O22S. The number of fused-ring (bicyclic) bond motifs is 1. The van der Waals surface area contributed by atoms with E-state index in [1.54, 1.807) is 68.4 Å². The van der Waals surface area contributed by atoms with Crippen LogP contribution in [0.3, 0.4) is 0 Å². The summed E-state index contributed by atoms with van der Waals surface area (Å²) in [4.78, 5) is 255. The lowest BCUT2D eigenvalue weighted by molar-refractivity contribution is -0.143. The van der Waals surface area contributed by atoms with Crippen LogP contribution in [-0.2, 0) is 112 Å². The molecule has 2 aromatic heterocycles. The van der Waals surface area contributed by atoms with Crippen molar-refractivity contribution in [2.45, 2.75) is 196 Å². The molecule has 0 radical (unpaired) electrons. The molecule has 2 heterocycles. The summed E-state index contributed by atoms with van der Waals surface area (Å²) < 4.78 is 0. The first kappa shape index (κ1) is 99.8. The average Bonchev–Trinajstić information content (AvgIpc) is 1.82. The summed E-state index contributed by atoms with van der Waals surface area (Å²) in [6.45, 7) is 4.72. The third-order valence-electron chi connectivity index (χ3n) is 18.7. The van der Waals surface area contributed by atoms with Gasteiger partial charge in [0.25, 0.3) is 0 Å². The maximum absolute atomic E-state index is 15.1. The number of aliphatic hydroxyl groups excluding tert-OH is 1. The van der Waals surface area contributed by atoms with Gasteiger partial charge in [-0.3, -0.25) is 86.9 Å². The molecule has 31 N–H and O–H groups in total. The van der Waals surface area contributed by atoms with Crippen LogP contribution in [-0.4, -0.2) is 251 Å². The number of primary amides is 3. The number of hydrogen-bond donors (Lipinski definition) is 27. The summed E-state index contributed by atoms with van der Waals surface area (Å²) in [5.74, 6) is -21.5. The minimum absolute atomic E-state index is 0.0521. The van der Waals surface area contributed by atoms with Crippen molar-refractivity contribution in [3.8, 4) is 5.75 Å². The Bertz CT molecular complexity index is 4560. The first-order chi connectivity index (χ1) is 58.1. The number of hydrogen-bond acceptors (Lipinski definition) is 24. The van der Waals surface area contributed by atoms with E-state index < -0.39 is 243 Å². The molecule has 0 aliphatic carbocycles. The van der Waals surface area contributed by atoms with Gasteiger partial charge in [0.05, 0.1) is 37.5 Å². The van der Waals surface area contributed by atoms with Gasteiger partial charge in [0.15, 0.2) is 5.96 Å². The van der Waals surface area contributed by atoms with Gasteiger partial charge in [-0.1, -0.05) is 74.5 Å². The van der Waals surface area contributed by atoms with Crippen molar-refractivity contribution >= 4 is 136 Å². The number of guanidine groups is 1. The van der Waals surface area contributed by atoms with E-state index in [0.29, 0.717) is 27.6 Å². The lowest BCUT2D eigenvalue weighted by Gasteiger charge is -2.28. The number of benzene rings is 3. The van der Waals surface area contributed by atoms with E-state index in [2.05, 4.69) is 102 Å². The molecule has 45 nitrogen and oxygen atoms in total. The number of H-pyrrole nitrogens is 2. The van der Waals surface area contributed by atoms with Crippen LogP contribution in [0.1, 0.15) is 108 Å². The van der Waals surface area contributed by atoms with Crippen molar-refractivity contribution in [2.75, 3.05) is 18.9 Å². The maximum Gasteiger partial charge on any atom is 0.326 e. The minimum atomic E-state index is -2.00. The number of amides is 16. The summed E-state index contributed by atoms with van der Waals surface area (Å²) in [6.07, 6.45) is -1.71. The van der Waals surface area contributed by atoms with E-state index in [-0.39, 0.29) is 74.1 Å². The lowest BCUT2D eigenvalue weighted by Crippen LogP contribution is -2.61. The first-order valence-electron chi connectivity index (χ1n) is 38.8. The van der Waals surface area contributed by atoms with Crippen LogP contribution in [0.25, 0.3) is 10.9 Å². The van der Waals surface area contributed by atoms with E-state index >= 15 is 4.79 Å². The Kier molecular flexibility index (Phi) is 40.3. The molecule has 0 aliphatic heterocycles. The van der Waals surface area contributed by atoms with Crippen molar-refractivity contribution in [1.82, 2.24) is 89.4 Å². The van der Waals surface area contributed by atoms with Gasteiger partial charge in [0.2, 0.25) is 94.5 Å². The zero-order valence-electron chi connectivity index (χ0n) is 67.6. The lowest BCUT2D eigenvalue weighted by atomic mass is 10.0. The highest BCUT2D eigenvalue weighted by atomic mass is 32.1. The standard InChI is InChI=1S/C77H107N23O22S/c1-37(2)25-51(94-75(120)58(35-123)100-65(110)46(78)30-60(80)104)69(114)98-55(29-43-33-84-36-87-43)72(117)90-48(20-22-59(79)103)66(111)88-38(3)63(108)93-56(31-61(81)105)73(118)97-54(28-42-32-86-47-14-9-8-13-45(42)47)71(116)91-49(21-23-62(106)107)67(112)95-53(26-40-11-6-5-7-12-40)70(115)96-52(27-41-16-18-44(102)19-17-41)68(113)89-39(4)64(109)99-57(34-101)74(119)92-50(76(121)122)15-10-24-85-77(82)83/h5-9,11-14,16-19,32-33,36-39,46,48-58,86,101-102,123H,10,15,20-31,34-35,78H2,1-4H3,(H2,79,103)(H2,80,104)(H2,81,105)(H,84,87)(H,88,111)(H,89,113)(H,90,117)(H,91,116)(H,92,119)(H,93,108)(H,94,120)(H,95,112)(H,96,115)(H,97,118)(H,98,114)(H,99,109)(H,100,110)(H,106,107)(H,121,122)(H4,82,83,85)/t38-,39-,46-,48-,49-,50-,51-,52-,53-,54-,55-,56-,57-,58-/m0/s1. The van der Waals surface area contributed by atoms with Crippen LogP contribution in [0.4, 0.5) is 0 Å². The number of nitrogens with two attached hydrogens (primary N) is 5. The zero-order valence-corrected chi connectivity index (χ0v) is 68.5. The Morgan fingerprint density at radius 3 is 1.41 bits per heavy atom. The van der Waals surface area contributed by atoms with Gasteiger partial charge in [0.1, 0.15) is 84.3 Å². The third-order valence-corrected chi connectivity index (χ3v) is 19.1. The molecule has 0 saturated carbocycles. The number of nitrogens with one attached hydrogen (secondary N) is 17. The van der Waals surface area contributed by atoms with Crippen LogP contribution in [0.5, 0.6) is 5.75 Å². The number of nitrogens with zero attached hydrogens (tertiary/aromatic N) is 1. The molecule has 0 unspecified atom stereocenters. The summed E-state index contributed by atoms with van der Waals surface area (Å²) in [6, 6.07) is -3.33. The average molecular weight is 1740 g/mol. The summed E-state index contributed by atoms with van der Waals surface area (Å²) in [5.41, 5.74) is 29.1. The predicted octanol–water partition coefficient (Wildman–Crippen LogP) is -7.27. The largest absolute Gasteiger partial charge is 0.508 e. The second kappa shape index (κ2) is 49.7. The molecule has 14 atom stereocenters. The number of carbonyl (C=O) groups excluding carboxylic acids is 16. The summed E-state index contributed by atoms with van der Waals surface area (Å²) in [7, 11) is 0. The summed E-state index contributed by atoms with van der Waals surface area (Å²) in [5, 5.41) is 81.8. The molecule has 5 rings (SSSR count). The van der Waals surface area contributed by atoms with Crippen molar-refractivity contribution in [1.29, 1.82) is 5.41 Å². The van der Waals surface area contributed by atoms with E-state index in [4.69, 9.17) is 34.1 Å². The molecule has 0 saturated heterocycles. The SMILES string of the molecule is CC(C)C[C@H](NC(=O)[C@H](CS)NC(=O)[C@@H](N)CC(N)=O)C(=O)N[C@@H](Cc1c[nH]cn1)C(=O)N[C@@H](CCC(N)=O)C(=O)N[C@@H](C)C(=O)N[C@@H](CC(N)=O)C(=O)N[C@@H](Cc1c[nH]c2ccccc12)C(=O)N[C@@H](CCC(=O)O)C(=O)N[C@@H](Cc1ccccc1)C(=O)N[C@@H](Cc1ccc(O)cc1)C(=O)N[C@@H](C)C(=O)N[C@@H](CO)C(=O)N[C@@H](CCCNC(=N)N)C(=O)O. The molecule has 16 amide bonds. The number of phenolic OH excluding ortho intramolecular Hbond substituents is 1. The molecule has 3 aromatic carbocycles. The molecule has 668 valence electrons. The molecule has 0 aliphatic rings. The van der Waals surface area contributed by atoms with Crippen LogP contribution in [0, 0.1) is 11.3 Å². The zero-order chi connectivity index (χ0) is 91.3. The van der Waals surface area contributed by atoms with Crippen molar-refractivity contribution in [3.05, 3.63) is 120 Å². The molecule has 46 heteroatoms. The molecule has 0 fully saturated rings. The quantitative estimate of drug-likeness (QED) is 0.00744. The van der Waals surface area contributed by atoms with E-state index in [0.717, 1.165) is 6.92 Å². The van der Waals surface area contributed by atoms with E-state index in [9.17, 15) is 102 Å². The van der Waals surface area contributed by atoms with Gasteiger partial charge in [-0.05, 0) is 86.8 Å². The minimum Gasteiger partial charge on any atom is -0.508 e. The molecule has 5 aromatic rings. The molecule has 0 spiro atoms. The Morgan fingerprint density at radius 2 is 0.894 bits per heavy atom. The maximum atomic E-state index is 15.1. The number of carbonyl (C=O) groups is 18. The number of phenols is 1. The summed E-state index contributed by atoms with van der Waals surface area (Å²) >= 11 is 4.15. The number of rotatable bonds is 53. The van der Waals surface area contributed by atoms with Crippen molar-refractivity contribution in [3.63, 3.8) is 0 Å². The normalized spacial score (nSPS) is 14.5. The number of para-hydroxylation sites is 1. The fraction of sp³-hybridized carbons (Fsp3) is 0.455. The van der Waals surface area contributed by atoms with E-state index in [1.807, 2.05) is 0 Å². The highest BCUT2D eigenvalue weighted by Gasteiger charge is 2.39. The number of aromatic nitrogens is 3. The molecule has 0 bridgehead atoms.